The van der Waals surface area contributed by atoms with Crippen molar-refractivity contribution in [2.45, 2.75) is 26.1 Å². The van der Waals surface area contributed by atoms with Crippen LogP contribution in [0.1, 0.15) is 25.0 Å². The molecule has 0 heterocycles. The van der Waals surface area contributed by atoms with Crippen molar-refractivity contribution in [3.63, 3.8) is 0 Å². The Balaban J connectivity index is 3.68. The number of rotatable bonds is 1. The summed E-state index contributed by atoms with van der Waals surface area (Å²) >= 11 is 0. The molecule has 0 aliphatic heterocycles. The number of benzene rings is 1. The van der Waals surface area contributed by atoms with Crippen molar-refractivity contribution < 1.29 is 17.6 Å². The minimum Gasteiger partial charge on any atom is -0.203 e. The molecular weight excluding hydrogens is 207 g/mol. The molecule has 0 aromatic heterocycles. The van der Waals surface area contributed by atoms with E-state index in [1.165, 1.54) is 13.8 Å². The Labute approximate surface area is 86.7 Å². The second-order valence-corrected chi connectivity index (χ2v) is 3.98. The van der Waals surface area contributed by atoms with Crippen LogP contribution in [0.2, 0.25) is 0 Å². The molecule has 0 saturated carbocycles. The average Bonchev–Trinajstić information content (AvgIpc) is 2.09. The zero-order valence-corrected chi connectivity index (χ0v) is 8.59. The van der Waals surface area contributed by atoms with Crippen LogP contribution in [0, 0.1) is 30.2 Å². The van der Waals surface area contributed by atoms with Gasteiger partial charge in [-0.3, -0.25) is 0 Å². The molecule has 1 aromatic carbocycles. The Morgan fingerprint density at radius 3 is 1.47 bits per heavy atom. The molecule has 2 radical (unpaired) electrons. The summed E-state index contributed by atoms with van der Waals surface area (Å²) in [5.41, 5.74) is -1.46. The Kier molecular flexibility index (Phi) is 2.85. The van der Waals surface area contributed by atoms with Gasteiger partial charge in [0.1, 0.15) is 0 Å². The molecule has 0 aliphatic rings. The van der Waals surface area contributed by atoms with Gasteiger partial charge in [0.25, 0.3) is 0 Å². The highest BCUT2D eigenvalue weighted by Crippen LogP contribution is 2.30. The third-order valence-corrected chi connectivity index (χ3v) is 2.13. The first kappa shape index (κ1) is 12.1. The molecule has 0 bridgehead atoms. The minimum absolute atomic E-state index is 0.682. The maximum atomic E-state index is 13.3. The van der Waals surface area contributed by atoms with Gasteiger partial charge >= 0.3 is 0 Å². The van der Waals surface area contributed by atoms with E-state index >= 15 is 0 Å². The quantitative estimate of drug-likeness (QED) is 0.384. The largest absolute Gasteiger partial charge is 0.203 e. The Hall–Kier alpha value is -0.995. The van der Waals surface area contributed by atoms with Crippen LogP contribution in [0.4, 0.5) is 17.6 Å². The highest BCUT2D eigenvalue weighted by atomic mass is 19.2. The monoisotopic (exact) mass is 216 g/mol. The Morgan fingerprint density at radius 1 is 0.867 bits per heavy atom. The van der Waals surface area contributed by atoms with E-state index in [4.69, 9.17) is 7.85 Å². The van der Waals surface area contributed by atoms with Gasteiger partial charge in [0.2, 0.25) is 0 Å². The average molecular weight is 216 g/mol. The van der Waals surface area contributed by atoms with Gasteiger partial charge in [-0.05, 0) is 12.2 Å². The molecule has 1 aromatic rings. The van der Waals surface area contributed by atoms with Gasteiger partial charge in [-0.15, -0.1) is 0 Å². The standard InChI is InChI=1S/C10H9BF4/c1-4-6(12)8(14)5(10(2,3)11)9(15)7(4)13/h1-3H3. The van der Waals surface area contributed by atoms with Gasteiger partial charge in [0.05, 0.1) is 7.85 Å². The lowest BCUT2D eigenvalue weighted by atomic mass is 9.67. The van der Waals surface area contributed by atoms with Crippen molar-refractivity contribution in [1.82, 2.24) is 0 Å². The summed E-state index contributed by atoms with van der Waals surface area (Å²) in [6.07, 6.45) is 0. The third-order valence-electron chi connectivity index (χ3n) is 2.13. The summed E-state index contributed by atoms with van der Waals surface area (Å²) in [6.45, 7) is 3.50. The molecule has 1 rings (SSSR count). The van der Waals surface area contributed by atoms with Crippen LogP contribution in [0.15, 0.2) is 0 Å². The topological polar surface area (TPSA) is 0 Å². The smallest absolute Gasteiger partial charge is 0.165 e. The minimum atomic E-state index is -1.48. The number of hydrogen-bond acceptors (Lipinski definition) is 0. The van der Waals surface area contributed by atoms with E-state index in [0.29, 0.717) is 0 Å². The lowest BCUT2D eigenvalue weighted by Crippen LogP contribution is -2.23. The third kappa shape index (κ3) is 1.87. The fraction of sp³-hybridized carbons (Fsp3) is 0.400. The summed E-state index contributed by atoms with van der Waals surface area (Å²) < 4.78 is 52.9. The zero-order valence-electron chi connectivity index (χ0n) is 8.59. The van der Waals surface area contributed by atoms with Crippen LogP contribution in [0.25, 0.3) is 0 Å². The number of halogens is 4. The zero-order chi connectivity index (χ0) is 12.0. The molecule has 0 amide bonds. The maximum absolute atomic E-state index is 13.3. The van der Waals surface area contributed by atoms with Crippen LogP contribution >= 0.6 is 0 Å². The molecule has 0 N–H and O–H groups in total. The molecule has 0 fully saturated rings. The van der Waals surface area contributed by atoms with Crippen molar-refractivity contribution >= 4 is 7.85 Å². The molecule has 0 spiro atoms. The van der Waals surface area contributed by atoms with Crippen molar-refractivity contribution in [3.8, 4) is 0 Å². The molecule has 15 heavy (non-hydrogen) atoms. The van der Waals surface area contributed by atoms with Crippen LogP contribution in [0.3, 0.4) is 0 Å². The predicted octanol–water partition coefficient (Wildman–Crippen LogP) is 2.96. The van der Waals surface area contributed by atoms with Crippen molar-refractivity contribution in [2.75, 3.05) is 0 Å². The summed E-state index contributed by atoms with van der Waals surface area (Å²) in [4.78, 5) is 0. The van der Waals surface area contributed by atoms with Crippen LogP contribution in [-0.4, -0.2) is 7.85 Å². The summed E-state index contributed by atoms with van der Waals surface area (Å²) in [5.74, 6) is -5.66. The van der Waals surface area contributed by atoms with E-state index in [-0.39, 0.29) is 0 Å². The summed E-state index contributed by atoms with van der Waals surface area (Å²) in [7, 11) is 5.43. The van der Waals surface area contributed by atoms with Crippen LogP contribution < -0.4 is 0 Å². The molecule has 0 unspecified atom stereocenters. The maximum Gasteiger partial charge on any atom is 0.165 e. The number of hydrogen-bond donors (Lipinski definition) is 0. The lowest BCUT2D eigenvalue weighted by molar-refractivity contribution is 0.418. The highest BCUT2D eigenvalue weighted by molar-refractivity contribution is 6.15. The summed E-state index contributed by atoms with van der Waals surface area (Å²) in [5, 5.41) is -1.48. The molecule has 0 atom stereocenters. The molecule has 0 nitrogen and oxygen atoms in total. The highest BCUT2D eigenvalue weighted by Gasteiger charge is 2.29. The molecule has 0 saturated heterocycles. The Morgan fingerprint density at radius 2 is 1.20 bits per heavy atom. The SMILES string of the molecule is [B]C(C)(C)c1c(F)c(F)c(C)c(F)c1F. The second kappa shape index (κ2) is 3.54. The van der Waals surface area contributed by atoms with Crippen LogP contribution in [0.5, 0.6) is 0 Å². The molecular formula is C10H9BF4. The first-order chi connectivity index (χ1) is 6.68. The van der Waals surface area contributed by atoms with E-state index in [0.717, 1.165) is 6.92 Å². The van der Waals surface area contributed by atoms with Gasteiger partial charge < -0.3 is 0 Å². The molecule has 5 heteroatoms. The first-order valence-electron chi connectivity index (χ1n) is 4.29. The van der Waals surface area contributed by atoms with Gasteiger partial charge in [0, 0.05) is 11.1 Å². The van der Waals surface area contributed by atoms with Gasteiger partial charge in [-0.2, -0.15) is 0 Å². The lowest BCUT2D eigenvalue weighted by Gasteiger charge is -2.22. The van der Waals surface area contributed by atoms with E-state index in [2.05, 4.69) is 0 Å². The second-order valence-electron chi connectivity index (χ2n) is 3.98. The van der Waals surface area contributed by atoms with Crippen molar-refractivity contribution in [1.29, 1.82) is 0 Å². The normalized spacial score (nSPS) is 11.9. The first-order valence-corrected chi connectivity index (χ1v) is 4.29. The molecule has 0 aliphatic carbocycles. The fourth-order valence-corrected chi connectivity index (χ4v) is 1.31. The predicted molar refractivity (Wildman–Crippen MR) is 49.8 cm³/mol. The van der Waals surface area contributed by atoms with Gasteiger partial charge in [0.15, 0.2) is 23.3 Å². The van der Waals surface area contributed by atoms with E-state index in [1.807, 2.05) is 0 Å². The molecule has 80 valence electrons. The fourth-order valence-electron chi connectivity index (χ4n) is 1.31. The van der Waals surface area contributed by atoms with Gasteiger partial charge in [-0.25, -0.2) is 17.6 Å². The van der Waals surface area contributed by atoms with Crippen molar-refractivity contribution in [3.05, 3.63) is 34.4 Å². The Bertz CT molecular complexity index is 378. The summed E-state index contributed by atoms with van der Waals surface area (Å²) in [6, 6.07) is 0. The van der Waals surface area contributed by atoms with Gasteiger partial charge in [-0.1, -0.05) is 13.8 Å². The van der Waals surface area contributed by atoms with Crippen molar-refractivity contribution in [2.24, 2.45) is 0 Å². The van der Waals surface area contributed by atoms with E-state index in [1.54, 1.807) is 0 Å². The van der Waals surface area contributed by atoms with Crippen LogP contribution in [-0.2, 0) is 5.31 Å². The van der Waals surface area contributed by atoms with E-state index < -0.39 is 39.7 Å². The van der Waals surface area contributed by atoms with E-state index in [9.17, 15) is 17.6 Å².